The SMILES string of the molecule is CC(=O)OCC(O)CO.[Na]. The van der Waals surface area contributed by atoms with Crippen LogP contribution in [0.25, 0.3) is 0 Å². The Morgan fingerprint density at radius 3 is 2.50 bits per heavy atom. The minimum atomic E-state index is -0.950. The summed E-state index contributed by atoms with van der Waals surface area (Å²) in [5.41, 5.74) is 0. The van der Waals surface area contributed by atoms with Crippen molar-refractivity contribution in [3.05, 3.63) is 0 Å². The summed E-state index contributed by atoms with van der Waals surface area (Å²) < 4.78 is 4.35. The molecule has 0 aliphatic carbocycles. The van der Waals surface area contributed by atoms with Gasteiger partial charge in [-0.15, -0.1) is 0 Å². The zero-order chi connectivity index (χ0) is 7.28. The zero-order valence-corrected chi connectivity index (χ0v) is 8.20. The molecule has 2 N–H and O–H groups in total. The van der Waals surface area contributed by atoms with E-state index in [-0.39, 0.29) is 42.8 Å². The molecule has 0 fully saturated rings. The number of aliphatic hydroxyl groups is 2. The number of rotatable bonds is 3. The molecule has 4 nitrogen and oxygen atoms in total. The number of ether oxygens (including phenoxy) is 1. The van der Waals surface area contributed by atoms with Crippen LogP contribution in [-0.2, 0) is 9.53 Å². The van der Waals surface area contributed by atoms with Crippen LogP contribution in [-0.4, -0.2) is 65.1 Å². The number of aliphatic hydroxyl groups excluding tert-OH is 2. The van der Waals surface area contributed by atoms with Gasteiger partial charge in [0.05, 0.1) is 6.61 Å². The van der Waals surface area contributed by atoms with Crippen LogP contribution in [0.1, 0.15) is 6.92 Å². The van der Waals surface area contributed by atoms with Gasteiger partial charge in [-0.3, -0.25) is 4.79 Å². The molecular formula is C5H10NaO4. The summed E-state index contributed by atoms with van der Waals surface area (Å²) in [7, 11) is 0. The third-order valence-corrected chi connectivity index (χ3v) is 0.690. The molecule has 0 rings (SSSR count). The first-order chi connectivity index (χ1) is 4.16. The molecule has 1 radical (unpaired) electrons. The maximum atomic E-state index is 10.0. The van der Waals surface area contributed by atoms with Crippen molar-refractivity contribution in [1.29, 1.82) is 0 Å². The Labute approximate surface area is 81.5 Å². The van der Waals surface area contributed by atoms with Gasteiger partial charge in [-0.25, -0.2) is 0 Å². The van der Waals surface area contributed by atoms with Gasteiger partial charge < -0.3 is 14.9 Å². The molecule has 0 heterocycles. The summed E-state index contributed by atoms with van der Waals surface area (Å²) in [5.74, 6) is -0.456. The summed E-state index contributed by atoms with van der Waals surface area (Å²) in [4.78, 5) is 10.0. The summed E-state index contributed by atoms with van der Waals surface area (Å²) in [6.07, 6.45) is -0.950. The van der Waals surface area contributed by atoms with Crippen molar-refractivity contribution in [2.75, 3.05) is 13.2 Å². The second-order valence-corrected chi connectivity index (χ2v) is 1.64. The van der Waals surface area contributed by atoms with Crippen LogP contribution in [0.4, 0.5) is 0 Å². The van der Waals surface area contributed by atoms with Crippen LogP contribution < -0.4 is 0 Å². The standard InChI is InChI=1S/C5H10O4.Na/c1-4(7)9-3-5(8)2-6;/h5-6,8H,2-3H2,1H3;. The predicted molar refractivity (Wildman–Crippen MR) is 35.5 cm³/mol. The Hall–Kier alpha value is 0.390. The molecule has 0 aliphatic heterocycles. The topological polar surface area (TPSA) is 66.8 Å². The molecule has 5 heteroatoms. The predicted octanol–water partition coefficient (Wildman–Crippen LogP) is -1.48. The van der Waals surface area contributed by atoms with E-state index in [1.807, 2.05) is 0 Å². The first-order valence-corrected chi connectivity index (χ1v) is 2.59. The van der Waals surface area contributed by atoms with Gasteiger partial charge in [-0.2, -0.15) is 0 Å². The first-order valence-electron chi connectivity index (χ1n) is 2.59. The fourth-order valence-electron chi connectivity index (χ4n) is 0.266. The first kappa shape index (κ1) is 13.0. The molecule has 1 atom stereocenters. The average molecular weight is 157 g/mol. The van der Waals surface area contributed by atoms with E-state index in [2.05, 4.69) is 4.74 Å². The quantitative estimate of drug-likeness (QED) is 0.387. The molecule has 1 unspecified atom stereocenters. The van der Waals surface area contributed by atoms with E-state index < -0.39 is 12.1 Å². The van der Waals surface area contributed by atoms with Crippen LogP contribution in [0.3, 0.4) is 0 Å². The summed E-state index contributed by atoms with van der Waals surface area (Å²) in [6, 6.07) is 0. The maximum Gasteiger partial charge on any atom is 0.302 e. The van der Waals surface area contributed by atoms with Crippen LogP contribution >= 0.6 is 0 Å². The van der Waals surface area contributed by atoms with Crippen molar-refractivity contribution in [1.82, 2.24) is 0 Å². The zero-order valence-electron chi connectivity index (χ0n) is 6.20. The van der Waals surface area contributed by atoms with Crippen LogP contribution in [0, 0.1) is 0 Å². The Kier molecular flexibility index (Phi) is 9.76. The van der Waals surface area contributed by atoms with Gasteiger partial charge in [0, 0.05) is 36.5 Å². The minimum absolute atomic E-state index is 0. The average Bonchev–Trinajstić information content (AvgIpc) is 1.83. The van der Waals surface area contributed by atoms with Gasteiger partial charge in [0.2, 0.25) is 0 Å². The molecule has 0 aromatic rings. The summed E-state index contributed by atoms with van der Waals surface area (Å²) >= 11 is 0. The fraction of sp³-hybridized carbons (Fsp3) is 0.800. The molecule has 0 saturated carbocycles. The van der Waals surface area contributed by atoms with E-state index in [4.69, 9.17) is 10.2 Å². The van der Waals surface area contributed by atoms with Crippen molar-refractivity contribution in [3.8, 4) is 0 Å². The Balaban J connectivity index is 0. The van der Waals surface area contributed by atoms with E-state index in [1.54, 1.807) is 0 Å². The second-order valence-electron chi connectivity index (χ2n) is 1.64. The molecule has 0 aromatic heterocycles. The third-order valence-electron chi connectivity index (χ3n) is 0.690. The fourth-order valence-corrected chi connectivity index (χ4v) is 0.266. The van der Waals surface area contributed by atoms with Crippen LogP contribution in [0.2, 0.25) is 0 Å². The van der Waals surface area contributed by atoms with E-state index >= 15 is 0 Å². The molecule has 0 spiro atoms. The molecule has 0 aliphatic rings. The Morgan fingerprint density at radius 2 is 2.20 bits per heavy atom. The molecule has 0 bridgehead atoms. The van der Waals surface area contributed by atoms with Crippen LogP contribution in [0.5, 0.6) is 0 Å². The van der Waals surface area contributed by atoms with Gasteiger partial charge in [0.15, 0.2) is 0 Å². The van der Waals surface area contributed by atoms with Crippen molar-refractivity contribution in [2.24, 2.45) is 0 Å². The van der Waals surface area contributed by atoms with Gasteiger partial charge in [-0.1, -0.05) is 0 Å². The molecule has 10 heavy (non-hydrogen) atoms. The normalized spacial score (nSPS) is 11.5. The minimum Gasteiger partial charge on any atom is -0.463 e. The molecule has 55 valence electrons. The summed E-state index contributed by atoms with van der Waals surface area (Å²) in [5, 5.41) is 16.8. The van der Waals surface area contributed by atoms with Gasteiger partial charge >= 0.3 is 5.97 Å². The van der Waals surface area contributed by atoms with Crippen LogP contribution in [0.15, 0.2) is 0 Å². The number of carbonyl (C=O) groups is 1. The van der Waals surface area contributed by atoms with Gasteiger partial charge in [0.1, 0.15) is 12.7 Å². The Bertz CT molecular complexity index is 95.6. The third kappa shape index (κ3) is 8.39. The van der Waals surface area contributed by atoms with Crippen molar-refractivity contribution >= 4 is 35.5 Å². The monoisotopic (exact) mass is 157 g/mol. The number of hydrogen-bond donors (Lipinski definition) is 2. The number of hydrogen-bond acceptors (Lipinski definition) is 4. The van der Waals surface area contributed by atoms with E-state index in [0.29, 0.717) is 0 Å². The number of esters is 1. The molecule has 0 aromatic carbocycles. The van der Waals surface area contributed by atoms with Crippen molar-refractivity contribution in [3.63, 3.8) is 0 Å². The van der Waals surface area contributed by atoms with Gasteiger partial charge in [-0.05, 0) is 0 Å². The van der Waals surface area contributed by atoms with E-state index in [9.17, 15) is 4.79 Å². The number of carbonyl (C=O) groups excluding carboxylic acids is 1. The van der Waals surface area contributed by atoms with E-state index in [1.165, 1.54) is 6.92 Å². The largest absolute Gasteiger partial charge is 0.463 e. The molecular weight excluding hydrogens is 147 g/mol. The second kappa shape index (κ2) is 7.50. The van der Waals surface area contributed by atoms with Crippen molar-refractivity contribution < 1.29 is 19.7 Å². The Morgan fingerprint density at radius 1 is 1.70 bits per heavy atom. The van der Waals surface area contributed by atoms with Crippen molar-refractivity contribution in [2.45, 2.75) is 13.0 Å². The van der Waals surface area contributed by atoms with Gasteiger partial charge in [0.25, 0.3) is 0 Å². The van der Waals surface area contributed by atoms with E-state index in [0.717, 1.165) is 0 Å². The molecule has 0 saturated heterocycles. The molecule has 0 amide bonds. The maximum absolute atomic E-state index is 10.0. The summed E-state index contributed by atoms with van der Waals surface area (Å²) in [6.45, 7) is 0.725. The smallest absolute Gasteiger partial charge is 0.302 e.